The first-order valence-corrected chi connectivity index (χ1v) is 12.2. The third-order valence-corrected chi connectivity index (χ3v) is 7.08. The summed E-state index contributed by atoms with van der Waals surface area (Å²) in [6, 6.07) is 23.3. The highest BCUT2D eigenvalue weighted by molar-refractivity contribution is 7.94. The van der Waals surface area contributed by atoms with Crippen molar-refractivity contribution in [1.82, 2.24) is 10.2 Å². The second kappa shape index (κ2) is 9.80. The number of ether oxygens (including phenoxy) is 1. The van der Waals surface area contributed by atoms with Gasteiger partial charge in [-0.3, -0.25) is 14.8 Å². The molecule has 0 radical (unpaired) electrons. The van der Waals surface area contributed by atoms with Crippen LogP contribution >= 0.6 is 11.3 Å². The minimum absolute atomic E-state index is 0.0894. The van der Waals surface area contributed by atoms with Crippen molar-refractivity contribution < 1.29 is 17.9 Å². The molecular weight excluding hydrogens is 460 g/mol. The van der Waals surface area contributed by atoms with Crippen molar-refractivity contribution >= 4 is 38.1 Å². The van der Waals surface area contributed by atoms with Gasteiger partial charge in [0.05, 0.1) is 0 Å². The normalized spacial score (nSPS) is 11.1. The Labute approximate surface area is 195 Å². The van der Waals surface area contributed by atoms with Gasteiger partial charge in [-0.1, -0.05) is 59.4 Å². The molecule has 10 heteroatoms. The van der Waals surface area contributed by atoms with Crippen molar-refractivity contribution in [3.05, 3.63) is 95.6 Å². The summed E-state index contributed by atoms with van der Waals surface area (Å²) in [6.07, 6.45) is 0. The zero-order chi connectivity index (χ0) is 23.3. The van der Waals surface area contributed by atoms with E-state index in [2.05, 4.69) is 20.2 Å². The molecule has 0 saturated heterocycles. The number of carbonyl (C=O) groups is 1. The maximum Gasteiger partial charge on any atom is 0.291 e. The van der Waals surface area contributed by atoms with Gasteiger partial charge < -0.3 is 4.74 Å². The second-order valence-electron chi connectivity index (χ2n) is 7.10. The molecule has 33 heavy (non-hydrogen) atoms. The second-order valence-corrected chi connectivity index (χ2v) is 9.93. The summed E-state index contributed by atoms with van der Waals surface area (Å²) in [6.45, 7) is 2.29. The number of nitrogens with zero attached hydrogens (tertiary/aromatic N) is 2. The Hall–Kier alpha value is -3.76. The molecule has 0 aliphatic carbocycles. The van der Waals surface area contributed by atoms with E-state index in [0.29, 0.717) is 23.6 Å². The summed E-state index contributed by atoms with van der Waals surface area (Å²) in [5.41, 5.74) is 2.76. The summed E-state index contributed by atoms with van der Waals surface area (Å²) >= 11 is 0.766. The Balaban J connectivity index is 1.37. The van der Waals surface area contributed by atoms with E-state index < -0.39 is 15.9 Å². The SMILES string of the molecule is Cc1cccc(C(=O)Nc2nnc(S(=O)(=O)Nc3ccc(OCc4ccccc4)cc3)s2)c1. The summed E-state index contributed by atoms with van der Waals surface area (Å²) < 4.78 is 33.2. The average Bonchev–Trinajstić information content (AvgIpc) is 3.29. The quantitative estimate of drug-likeness (QED) is 0.360. The van der Waals surface area contributed by atoms with E-state index in [9.17, 15) is 13.2 Å². The summed E-state index contributed by atoms with van der Waals surface area (Å²) in [7, 11) is -3.96. The molecule has 0 aliphatic rings. The fourth-order valence-electron chi connectivity index (χ4n) is 2.88. The lowest BCUT2D eigenvalue weighted by Crippen LogP contribution is -2.12. The van der Waals surface area contributed by atoms with E-state index in [1.165, 1.54) is 0 Å². The van der Waals surface area contributed by atoms with Crippen LogP contribution in [0.2, 0.25) is 0 Å². The van der Waals surface area contributed by atoms with E-state index >= 15 is 0 Å². The first-order chi connectivity index (χ1) is 15.9. The number of hydrogen-bond donors (Lipinski definition) is 2. The van der Waals surface area contributed by atoms with Crippen LogP contribution in [0.15, 0.2) is 83.2 Å². The van der Waals surface area contributed by atoms with Gasteiger partial charge >= 0.3 is 0 Å². The van der Waals surface area contributed by atoms with Crippen LogP contribution in [0.5, 0.6) is 5.75 Å². The smallest absolute Gasteiger partial charge is 0.291 e. The molecule has 0 spiro atoms. The zero-order valence-corrected chi connectivity index (χ0v) is 19.2. The maximum atomic E-state index is 12.7. The zero-order valence-electron chi connectivity index (χ0n) is 17.6. The molecule has 0 bridgehead atoms. The molecule has 0 fully saturated rings. The van der Waals surface area contributed by atoms with Crippen LogP contribution in [0.25, 0.3) is 0 Å². The molecule has 0 atom stereocenters. The minimum Gasteiger partial charge on any atom is -0.489 e. The first-order valence-electron chi connectivity index (χ1n) is 9.90. The largest absolute Gasteiger partial charge is 0.489 e. The third kappa shape index (κ3) is 5.93. The number of hydrogen-bond acceptors (Lipinski definition) is 7. The molecular formula is C23H20N4O4S2. The molecule has 4 aromatic rings. The van der Waals surface area contributed by atoms with Crippen LogP contribution in [0, 0.1) is 6.92 Å². The molecule has 1 amide bonds. The highest BCUT2D eigenvalue weighted by atomic mass is 32.2. The van der Waals surface area contributed by atoms with Crippen molar-refractivity contribution in [3.63, 3.8) is 0 Å². The number of sulfonamides is 1. The standard InChI is InChI=1S/C23H20N4O4S2/c1-16-6-5-9-18(14-16)21(28)24-22-25-26-23(32-22)33(29,30)27-19-10-12-20(13-11-19)31-15-17-7-3-2-4-8-17/h2-14,27H,15H2,1H3,(H,24,25,28). The Morgan fingerprint density at radius 3 is 2.45 bits per heavy atom. The number of aryl methyl sites for hydroxylation is 1. The Morgan fingerprint density at radius 2 is 1.73 bits per heavy atom. The number of benzene rings is 3. The van der Waals surface area contributed by atoms with Gasteiger partial charge in [0, 0.05) is 11.3 Å². The summed E-state index contributed by atoms with van der Waals surface area (Å²) in [4.78, 5) is 12.3. The van der Waals surface area contributed by atoms with Gasteiger partial charge in [-0.05, 0) is 48.9 Å². The molecule has 0 unspecified atom stereocenters. The van der Waals surface area contributed by atoms with Gasteiger partial charge in [0.25, 0.3) is 20.3 Å². The Morgan fingerprint density at radius 1 is 0.970 bits per heavy atom. The molecule has 1 heterocycles. The van der Waals surface area contributed by atoms with Crippen LogP contribution in [0.3, 0.4) is 0 Å². The lowest BCUT2D eigenvalue weighted by atomic mass is 10.1. The van der Waals surface area contributed by atoms with Crippen molar-refractivity contribution in [2.24, 2.45) is 0 Å². The molecule has 1 aromatic heterocycles. The lowest BCUT2D eigenvalue weighted by molar-refractivity contribution is 0.102. The number of anilines is 2. The van der Waals surface area contributed by atoms with Crippen LogP contribution in [0.4, 0.5) is 10.8 Å². The van der Waals surface area contributed by atoms with Gasteiger partial charge in [0.15, 0.2) is 0 Å². The first kappa shape index (κ1) is 22.4. The Kier molecular flexibility index (Phi) is 6.66. The molecule has 4 rings (SSSR count). The van der Waals surface area contributed by atoms with Gasteiger partial charge in [-0.15, -0.1) is 10.2 Å². The predicted molar refractivity (Wildman–Crippen MR) is 127 cm³/mol. The van der Waals surface area contributed by atoms with Gasteiger partial charge in [0.2, 0.25) is 5.13 Å². The fraction of sp³-hybridized carbons (Fsp3) is 0.0870. The average molecular weight is 481 g/mol. The van der Waals surface area contributed by atoms with Crippen LogP contribution < -0.4 is 14.8 Å². The highest BCUT2D eigenvalue weighted by Gasteiger charge is 2.21. The number of carbonyl (C=O) groups excluding carboxylic acids is 1. The van der Waals surface area contributed by atoms with Gasteiger partial charge in [-0.25, -0.2) is 0 Å². The van der Waals surface area contributed by atoms with Gasteiger partial charge in [0.1, 0.15) is 12.4 Å². The monoisotopic (exact) mass is 480 g/mol. The maximum absolute atomic E-state index is 12.7. The summed E-state index contributed by atoms with van der Waals surface area (Å²) in [5, 5.41) is 10.1. The van der Waals surface area contributed by atoms with E-state index in [0.717, 1.165) is 22.5 Å². The van der Waals surface area contributed by atoms with Crippen molar-refractivity contribution in [2.75, 3.05) is 10.0 Å². The number of rotatable bonds is 8. The molecule has 168 valence electrons. The molecule has 0 aliphatic heterocycles. The molecule has 2 N–H and O–H groups in total. The van der Waals surface area contributed by atoms with Crippen LogP contribution in [-0.4, -0.2) is 24.5 Å². The lowest BCUT2D eigenvalue weighted by Gasteiger charge is -2.08. The van der Waals surface area contributed by atoms with Crippen molar-refractivity contribution in [3.8, 4) is 5.75 Å². The predicted octanol–water partition coefficient (Wildman–Crippen LogP) is 4.48. The van der Waals surface area contributed by atoms with E-state index in [4.69, 9.17) is 4.74 Å². The van der Waals surface area contributed by atoms with Crippen LogP contribution in [-0.2, 0) is 16.6 Å². The van der Waals surface area contributed by atoms with E-state index in [1.807, 2.05) is 43.3 Å². The summed E-state index contributed by atoms with van der Waals surface area (Å²) in [5.74, 6) is 0.219. The van der Waals surface area contributed by atoms with Gasteiger partial charge in [-0.2, -0.15) is 8.42 Å². The molecule has 3 aromatic carbocycles. The Bertz CT molecular complexity index is 1350. The fourth-order valence-corrected chi connectivity index (χ4v) is 4.84. The topological polar surface area (TPSA) is 110 Å². The number of nitrogens with one attached hydrogen (secondary N) is 2. The van der Waals surface area contributed by atoms with E-state index in [-0.39, 0.29) is 9.47 Å². The number of aromatic nitrogens is 2. The molecule has 8 nitrogen and oxygen atoms in total. The highest BCUT2D eigenvalue weighted by Crippen LogP contribution is 2.24. The van der Waals surface area contributed by atoms with Crippen molar-refractivity contribution in [2.45, 2.75) is 17.9 Å². The third-order valence-electron chi connectivity index (χ3n) is 4.49. The van der Waals surface area contributed by atoms with Crippen LogP contribution in [0.1, 0.15) is 21.5 Å². The molecule has 0 saturated carbocycles. The number of amides is 1. The minimum atomic E-state index is -3.96. The van der Waals surface area contributed by atoms with Crippen molar-refractivity contribution in [1.29, 1.82) is 0 Å². The van der Waals surface area contributed by atoms with E-state index in [1.54, 1.807) is 42.5 Å².